The summed E-state index contributed by atoms with van der Waals surface area (Å²) >= 11 is 0. The van der Waals surface area contributed by atoms with Crippen molar-refractivity contribution in [2.45, 2.75) is 13.1 Å². The Balaban J connectivity index is 3.32. The molecule has 0 aliphatic heterocycles. The lowest BCUT2D eigenvalue weighted by molar-refractivity contribution is -0.0925. The fraction of sp³-hybridized carbons (Fsp3) is 0.231. The average molecular weight is 300 g/mol. The van der Waals surface area contributed by atoms with E-state index in [1.54, 1.807) is 6.92 Å². The first-order chi connectivity index (χ1) is 9.66. The topological polar surface area (TPSA) is 107 Å². The molecule has 0 aliphatic carbocycles. The number of nitrogens with zero attached hydrogens (tertiary/aromatic N) is 1. The number of allylic oxidation sites excluding steroid dienone is 2. The van der Waals surface area contributed by atoms with E-state index in [0.29, 0.717) is 6.08 Å². The molecule has 0 bridgehead atoms. The van der Waals surface area contributed by atoms with Crippen LogP contribution < -0.4 is 17.2 Å². The molecular formula is C13H15F3N4O. The zero-order valence-corrected chi connectivity index (χ0v) is 11.2. The van der Waals surface area contributed by atoms with Gasteiger partial charge in [0.1, 0.15) is 5.70 Å². The Morgan fingerprint density at radius 2 is 1.95 bits per heavy atom. The van der Waals surface area contributed by atoms with E-state index in [-0.39, 0.29) is 29.1 Å². The molecule has 1 aromatic rings. The maximum absolute atomic E-state index is 12.5. The van der Waals surface area contributed by atoms with Crippen molar-refractivity contribution in [2.24, 2.45) is 16.5 Å². The number of carbonyl (C=O) groups is 1. The quantitative estimate of drug-likeness (QED) is 0.580. The van der Waals surface area contributed by atoms with E-state index in [2.05, 4.69) is 4.99 Å². The van der Waals surface area contributed by atoms with E-state index in [1.165, 1.54) is 18.2 Å². The normalized spacial score (nSPS) is 13.3. The van der Waals surface area contributed by atoms with E-state index < -0.39 is 17.8 Å². The molecule has 1 rings (SSSR count). The molecule has 0 atom stereocenters. The van der Waals surface area contributed by atoms with Crippen LogP contribution in [0.25, 0.3) is 0 Å². The van der Waals surface area contributed by atoms with Crippen LogP contribution in [0.15, 0.2) is 35.0 Å². The summed E-state index contributed by atoms with van der Waals surface area (Å²) in [6.07, 6.45) is -3.95. The third-order valence-corrected chi connectivity index (χ3v) is 2.56. The summed E-state index contributed by atoms with van der Waals surface area (Å²) in [6, 6.07) is 4.02. The van der Waals surface area contributed by atoms with Gasteiger partial charge >= 0.3 is 6.18 Å². The fourth-order valence-electron chi connectivity index (χ4n) is 1.56. The van der Waals surface area contributed by atoms with Gasteiger partial charge in [0.25, 0.3) is 0 Å². The molecule has 0 heterocycles. The molecule has 114 valence electrons. The Morgan fingerprint density at radius 1 is 1.33 bits per heavy atom. The van der Waals surface area contributed by atoms with Crippen molar-refractivity contribution >= 4 is 17.3 Å². The number of aliphatic imine (C=N–C) groups is 1. The van der Waals surface area contributed by atoms with Crippen LogP contribution in [-0.2, 0) is 0 Å². The summed E-state index contributed by atoms with van der Waals surface area (Å²) in [7, 11) is 0. The van der Waals surface area contributed by atoms with E-state index in [4.69, 9.17) is 17.2 Å². The number of alkyl halides is 3. The van der Waals surface area contributed by atoms with Crippen LogP contribution in [0.4, 0.5) is 18.9 Å². The zero-order chi connectivity index (χ0) is 16.2. The molecule has 21 heavy (non-hydrogen) atoms. The molecule has 1 aromatic carbocycles. The summed E-state index contributed by atoms with van der Waals surface area (Å²) in [4.78, 5) is 15.0. The molecule has 0 saturated carbocycles. The van der Waals surface area contributed by atoms with Gasteiger partial charge in [0, 0.05) is 23.4 Å². The monoisotopic (exact) mass is 300 g/mol. The third-order valence-electron chi connectivity index (χ3n) is 2.56. The first-order valence-corrected chi connectivity index (χ1v) is 5.95. The molecule has 0 unspecified atom stereocenters. The number of rotatable bonds is 4. The van der Waals surface area contributed by atoms with Gasteiger partial charge in [-0.2, -0.15) is 13.2 Å². The van der Waals surface area contributed by atoms with Crippen LogP contribution >= 0.6 is 0 Å². The highest BCUT2D eigenvalue weighted by atomic mass is 19.4. The van der Waals surface area contributed by atoms with Crippen LogP contribution in [0.1, 0.15) is 22.8 Å². The molecule has 0 radical (unpaired) electrons. The molecule has 0 aromatic heterocycles. The Kier molecular flexibility index (Phi) is 4.96. The summed E-state index contributed by atoms with van der Waals surface area (Å²) in [5.41, 5.74) is 15.0. The van der Waals surface area contributed by atoms with Gasteiger partial charge in [-0.1, -0.05) is 0 Å². The number of hydrogen-bond acceptors (Lipinski definition) is 4. The van der Waals surface area contributed by atoms with Crippen molar-refractivity contribution in [3.8, 4) is 0 Å². The van der Waals surface area contributed by atoms with Gasteiger partial charge in [0.2, 0.25) is 5.91 Å². The van der Waals surface area contributed by atoms with Crippen molar-refractivity contribution in [1.29, 1.82) is 0 Å². The average Bonchev–Trinajstić information content (AvgIpc) is 2.36. The van der Waals surface area contributed by atoms with Crippen molar-refractivity contribution in [3.63, 3.8) is 0 Å². The Bertz CT molecular complexity index is 606. The molecule has 0 saturated heterocycles. The van der Waals surface area contributed by atoms with E-state index in [9.17, 15) is 18.0 Å². The van der Waals surface area contributed by atoms with Crippen molar-refractivity contribution in [2.75, 3.05) is 12.3 Å². The van der Waals surface area contributed by atoms with Crippen molar-refractivity contribution in [1.82, 2.24) is 0 Å². The molecule has 5 nitrogen and oxygen atoms in total. The Hall–Kier alpha value is -2.51. The molecular weight excluding hydrogens is 285 g/mol. The van der Waals surface area contributed by atoms with Crippen LogP contribution in [0.2, 0.25) is 0 Å². The van der Waals surface area contributed by atoms with Gasteiger partial charge in [-0.15, -0.1) is 0 Å². The van der Waals surface area contributed by atoms with Gasteiger partial charge in [0.15, 0.2) is 0 Å². The first-order valence-electron chi connectivity index (χ1n) is 5.95. The molecule has 0 aliphatic rings. The van der Waals surface area contributed by atoms with Gasteiger partial charge in [-0.3, -0.25) is 9.79 Å². The van der Waals surface area contributed by atoms with Crippen LogP contribution in [0, 0.1) is 0 Å². The van der Waals surface area contributed by atoms with Crippen LogP contribution in [0.5, 0.6) is 0 Å². The number of primary amides is 1. The summed E-state index contributed by atoms with van der Waals surface area (Å²) in [5.74, 6) is -0.687. The smallest absolute Gasteiger partial charge is 0.398 e. The zero-order valence-electron chi connectivity index (χ0n) is 11.2. The van der Waals surface area contributed by atoms with Crippen LogP contribution in [0.3, 0.4) is 0 Å². The second kappa shape index (κ2) is 6.29. The standard InChI is InChI=1S/C13H15F3N4O/c1-2-20-10(6-11(18)13(14,15)16)8-4-3-7(12(19)21)5-9(8)17/h3-6H,2,17-18H2,1H3,(H2,19,21). The van der Waals surface area contributed by atoms with E-state index in [0.717, 1.165) is 0 Å². The predicted molar refractivity (Wildman–Crippen MR) is 74.8 cm³/mol. The highest BCUT2D eigenvalue weighted by Gasteiger charge is 2.31. The SMILES string of the molecule is CCN=C(C=C(N)C(F)(F)F)c1ccc(C(N)=O)cc1N. The minimum Gasteiger partial charge on any atom is -0.398 e. The molecule has 6 N–H and O–H groups in total. The number of nitrogen functional groups attached to an aromatic ring is 1. The summed E-state index contributed by atoms with van der Waals surface area (Å²) in [5, 5.41) is 0. The van der Waals surface area contributed by atoms with Gasteiger partial charge in [0.05, 0.1) is 5.71 Å². The number of carbonyl (C=O) groups excluding carboxylic acids is 1. The Labute approximate surface area is 119 Å². The lowest BCUT2D eigenvalue weighted by Crippen LogP contribution is -2.21. The van der Waals surface area contributed by atoms with E-state index >= 15 is 0 Å². The fourth-order valence-corrected chi connectivity index (χ4v) is 1.56. The number of amides is 1. The first kappa shape index (κ1) is 16.5. The minimum absolute atomic E-state index is 0.0131. The number of hydrogen-bond donors (Lipinski definition) is 3. The number of nitrogens with two attached hydrogens (primary N) is 3. The molecule has 0 fully saturated rings. The van der Waals surface area contributed by atoms with Crippen molar-refractivity contribution in [3.05, 3.63) is 41.1 Å². The molecule has 1 amide bonds. The third kappa shape index (κ3) is 4.23. The number of halogens is 3. The number of anilines is 1. The summed E-state index contributed by atoms with van der Waals surface area (Å²) < 4.78 is 37.5. The second-order valence-corrected chi connectivity index (χ2v) is 4.12. The highest BCUT2D eigenvalue weighted by molar-refractivity contribution is 6.13. The number of benzene rings is 1. The minimum atomic E-state index is -4.66. The maximum Gasteiger partial charge on any atom is 0.430 e. The van der Waals surface area contributed by atoms with Crippen LogP contribution in [-0.4, -0.2) is 24.3 Å². The van der Waals surface area contributed by atoms with Gasteiger partial charge in [-0.05, 0) is 31.2 Å². The van der Waals surface area contributed by atoms with Crippen molar-refractivity contribution < 1.29 is 18.0 Å². The lowest BCUT2D eigenvalue weighted by atomic mass is 10.0. The molecule has 8 heteroatoms. The second-order valence-electron chi connectivity index (χ2n) is 4.12. The molecule has 0 spiro atoms. The lowest BCUT2D eigenvalue weighted by Gasteiger charge is -2.10. The summed E-state index contributed by atoms with van der Waals surface area (Å²) in [6.45, 7) is 1.90. The van der Waals surface area contributed by atoms with Gasteiger partial charge in [-0.25, -0.2) is 0 Å². The Morgan fingerprint density at radius 3 is 2.38 bits per heavy atom. The van der Waals surface area contributed by atoms with E-state index in [1.807, 2.05) is 0 Å². The van der Waals surface area contributed by atoms with Gasteiger partial charge < -0.3 is 17.2 Å². The largest absolute Gasteiger partial charge is 0.430 e. The predicted octanol–water partition coefficient (Wildman–Crippen LogP) is 1.58. The highest BCUT2D eigenvalue weighted by Crippen LogP contribution is 2.23. The maximum atomic E-state index is 12.5.